The van der Waals surface area contributed by atoms with E-state index in [0.29, 0.717) is 18.1 Å². The largest absolute Gasteiger partial charge is 0.391 e. The van der Waals surface area contributed by atoms with E-state index < -0.39 is 0 Å². The van der Waals surface area contributed by atoms with Crippen LogP contribution in [-0.4, -0.2) is 23.9 Å². The van der Waals surface area contributed by atoms with Crippen LogP contribution in [0.2, 0.25) is 0 Å². The smallest absolute Gasteiger partial charge is 0.0771 e. The minimum atomic E-state index is -0.282. The van der Waals surface area contributed by atoms with Crippen LogP contribution in [0.3, 0.4) is 0 Å². The van der Waals surface area contributed by atoms with Gasteiger partial charge in [0, 0.05) is 0 Å². The van der Waals surface area contributed by atoms with E-state index >= 15 is 0 Å². The Labute approximate surface area is 100 Å². The number of rotatable bonds is 4. The van der Waals surface area contributed by atoms with Gasteiger partial charge in [-0.2, -0.15) is 0 Å². The lowest BCUT2D eigenvalue weighted by Crippen LogP contribution is -2.32. The molecule has 16 heavy (non-hydrogen) atoms. The average molecular weight is 228 g/mol. The molecule has 0 bridgehead atoms. The Hall–Kier alpha value is -0.0800. The van der Waals surface area contributed by atoms with Crippen molar-refractivity contribution >= 4 is 0 Å². The summed E-state index contributed by atoms with van der Waals surface area (Å²) in [4.78, 5) is 0. The van der Waals surface area contributed by atoms with Crippen LogP contribution in [0.4, 0.5) is 0 Å². The normalized spacial score (nSPS) is 29.1. The molecule has 3 atom stereocenters. The van der Waals surface area contributed by atoms with Gasteiger partial charge in [-0.15, -0.1) is 0 Å². The Bertz CT molecular complexity index is 195. The van der Waals surface area contributed by atoms with Gasteiger partial charge in [-0.1, -0.05) is 34.1 Å². The van der Waals surface area contributed by atoms with Crippen molar-refractivity contribution in [2.24, 2.45) is 11.3 Å². The predicted molar refractivity (Wildman–Crippen MR) is 67.5 cm³/mol. The first-order chi connectivity index (χ1) is 7.43. The zero-order valence-electron chi connectivity index (χ0n) is 11.3. The minimum Gasteiger partial charge on any atom is -0.391 e. The molecule has 1 saturated carbocycles. The molecule has 0 aromatic heterocycles. The van der Waals surface area contributed by atoms with Gasteiger partial charge in [-0.25, -0.2) is 0 Å². The van der Waals surface area contributed by atoms with Crippen LogP contribution < -0.4 is 0 Å². The van der Waals surface area contributed by atoms with Crippen molar-refractivity contribution in [3.8, 4) is 0 Å². The standard InChI is InChI=1S/C14H28O2/c1-5-12(15)10-16-13-8-6-7-11(9-13)14(2,3)4/h11-13,15H,5-10H2,1-4H3. The maximum Gasteiger partial charge on any atom is 0.0771 e. The van der Waals surface area contributed by atoms with Crippen molar-refractivity contribution in [3.05, 3.63) is 0 Å². The number of hydrogen-bond donors (Lipinski definition) is 1. The highest BCUT2D eigenvalue weighted by atomic mass is 16.5. The third-order valence-corrected chi connectivity index (χ3v) is 3.85. The fourth-order valence-electron chi connectivity index (χ4n) is 2.45. The van der Waals surface area contributed by atoms with Crippen LogP contribution in [0.15, 0.2) is 0 Å². The molecule has 0 aromatic rings. The highest BCUT2D eigenvalue weighted by Crippen LogP contribution is 2.38. The molecule has 0 amide bonds. The molecule has 1 rings (SSSR count). The van der Waals surface area contributed by atoms with Crippen LogP contribution >= 0.6 is 0 Å². The summed E-state index contributed by atoms with van der Waals surface area (Å²) >= 11 is 0. The molecule has 0 aromatic carbocycles. The molecular weight excluding hydrogens is 200 g/mol. The monoisotopic (exact) mass is 228 g/mol. The molecule has 1 aliphatic rings. The van der Waals surface area contributed by atoms with Gasteiger partial charge in [0.15, 0.2) is 0 Å². The van der Waals surface area contributed by atoms with Crippen LogP contribution in [0.1, 0.15) is 59.8 Å². The summed E-state index contributed by atoms with van der Waals surface area (Å²) in [5.41, 5.74) is 0.394. The average Bonchev–Trinajstić information content (AvgIpc) is 2.25. The van der Waals surface area contributed by atoms with E-state index in [-0.39, 0.29) is 6.10 Å². The molecule has 0 saturated heterocycles. The van der Waals surface area contributed by atoms with Crippen molar-refractivity contribution in [1.29, 1.82) is 0 Å². The van der Waals surface area contributed by atoms with Crippen molar-refractivity contribution in [3.63, 3.8) is 0 Å². The van der Waals surface area contributed by atoms with Gasteiger partial charge < -0.3 is 9.84 Å². The quantitative estimate of drug-likeness (QED) is 0.799. The van der Waals surface area contributed by atoms with E-state index in [1.165, 1.54) is 25.7 Å². The van der Waals surface area contributed by atoms with Crippen LogP contribution in [0.5, 0.6) is 0 Å². The van der Waals surface area contributed by atoms with Gasteiger partial charge in [0.2, 0.25) is 0 Å². The molecule has 0 radical (unpaired) electrons. The first kappa shape index (κ1) is 14.0. The predicted octanol–water partition coefficient (Wildman–Crippen LogP) is 3.38. The van der Waals surface area contributed by atoms with E-state index in [1.54, 1.807) is 0 Å². The van der Waals surface area contributed by atoms with Crippen LogP contribution in [0, 0.1) is 11.3 Å². The maximum absolute atomic E-state index is 9.49. The summed E-state index contributed by atoms with van der Waals surface area (Å²) in [5.74, 6) is 0.769. The van der Waals surface area contributed by atoms with Crippen molar-refractivity contribution in [1.82, 2.24) is 0 Å². The van der Waals surface area contributed by atoms with Crippen molar-refractivity contribution < 1.29 is 9.84 Å². The van der Waals surface area contributed by atoms with Crippen molar-refractivity contribution in [2.75, 3.05) is 6.61 Å². The molecule has 0 heterocycles. The molecule has 2 nitrogen and oxygen atoms in total. The summed E-state index contributed by atoms with van der Waals surface area (Å²) in [7, 11) is 0. The van der Waals surface area contributed by atoms with Crippen molar-refractivity contribution in [2.45, 2.75) is 72.0 Å². The lowest BCUT2D eigenvalue weighted by atomic mass is 9.71. The van der Waals surface area contributed by atoms with E-state index in [2.05, 4.69) is 20.8 Å². The molecule has 0 spiro atoms. The summed E-state index contributed by atoms with van der Waals surface area (Å²) in [6.07, 6.45) is 5.82. The maximum atomic E-state index is 9.49. The molecule has 96 valence electrons. The first-order valence-electron chi connectivity index (χ1n) is 6.73. The van der Waals surface area contributed by atoms with E-state index in [0.717, 1.165) is 12.3 Å². The van der Waals surface area contributed by atoms with Crippen LogP contribution in [-0.2, 0) is 4.74 Å². The van der Waals surface area contributed by atoms with Gasteiger partial charge in [0.05, 0.1) is 18.8 Å². The second-order valence-electron chi connectivity index (χ2n) is 6.25. The Morgan fingerprint density at radius 1 is 1.31 bits per heavy atom. The summed E-state index contributed by atoms with van der Waals surface area (Å²) in [6.45, 7) is 9.47. The van der Waals surface area contributed by atoms with Gasteiger partial charge in [-0.3, -0.25) is 0 Å². The number of hydrogen-bond acceptors (Lipinski definition) is 2. The Balaban J connectivity index is 2.33. The summed E-state index contributed by atoms with van der Waals surface area (Å²) < 4.78 is 5.81. The fraction of sp³-hybridized carbons (Fsp3) is 1.00. The fourth-order valence-corrected chi connectivity index (χ4v) is 2.45. The number of aliphatic hydroxyl groups excluding tert-OH is 1. The Morgan fingerprint density at radius 3 is 2.56 bits per heavy atom. The number of ether oxygens (including phenoxy) is 1. The second-order valence-corrected chi connectivity index (χ2v) is 6.25. The van der Waals surface area contributed by atoms with E-state index in [1.807, 2.05) is 6.92 Å². The molecular formula is C14H28O2. The lowest BCUT2D eigenvalue weighted by molar-refractivity contribution is -0.0442. The summed E-state index contributed by atoms with van der Waals surface area (Å²) in [5, 5.41) is 9.49. The second kappa shape index (κ2) is 6.02. The third-order valence-electron chi connectivity index (χ3n) is 3.85. The van der Waals surface area contributed by atoms with E-state index in [4.69, 9.17) is 4.74 Å². The zero-order chi connectivity index (χ0) is 12.2. The molecule has 1 fully saturated rings. The molecule has 1 N–H and O–H groups in total. The highest BCUT2D eigenvalue weighted by Gasteiger charge is 2.31. The SMILES string of the molecule is CCC(O)COC1CCCC(C(C)(C)C)C1. The molecule has 0 aliphatic heterocycles. The molecule has 1 aliphatic carbocycles. The lowest BCUT2D eigenvalue weighted by Gasteiger charge is -2.37. The molecule has 3 unspecified atom stereocenters. The highest BCUT2D eigenvalue weighted by molar-refractivity contribution is 4.81. The van der Waals surface area contributed by atoms with Gasteiger partial charge in [0.1, 0.15) is 0 Å². The zero-order valence-corrected chi connectivity index (χ0v) is 11.3. The Morgan fingerprint density at radius 2 is 2.00 bits per heavy atom. The minimum absolute atomic E-state index is 0.282. The van der Waals surface area contributed by atoms with Crippen LogP contribution in [0.25, 0.3) is 0 Å². The topological polar surface area (TPSA) is 29.5 Å². The Kier molecular flexibility index (Phi) is 5.26. The first-order valence-corrected chi connectivity index (χ1v) is 6.73. The third kappa shape index (κ3) is 4.42. The van der Waals surface area contributed by atoms with Gasteiger partial charge >= 0.3 is 0 Å². The van der Waals surface area contributed by atoms with Gasteiger partial charge in [0.25, 0.3) is 0 Å². The molecule has 2 heteroatoms. The number of aliphatic hydroxyl groups is 1. The van der Waals surface area contributed by atoms with Gasteiger partial charge in [-0.05, 0) is 37.0 Å². The summed E-state index contributed by atoms with van der Waals surface area (Å²) in [6, 6.07) is 0. The van der Waals surface area contributed by atoms with E-state index in [9.17, 15) is 5.11 Å².